The number of hydrogen-bond donors (Lipinski definition) is 2. The lowest BCUT2D eigenvalue weighted by atomic mass is 10.2. The van der Waals surface area contributed by atoms with Gasteiger partial charge in [0, 0.05) is 5.69 Å². The lowest BCUT2D eigenvalue weighted by Crippen LogP contribution is -2.21. The van der Waals surface area contributed by atoms with Crippen LogP contribution >= 0.6 is 0 Å². The lowest BCUT2D eigenvalue weighted by Gasteiger charge is -2.11. The van der Waals surface area contributed by atoms with Gasteiger partial charge in [-0.1, -0.05) is 18.2 Å². The van der Waals surface area contributed by atoms with Crippen molar-refractivity contribution in [3.8, 4) is 5.75 Å². The van der Waals surface area contributed by atoms with Crippen molar-refractivity contribution in [3.63, 3.8) is 0 Å². The molecule has 5 nitrogen and oxygen atoms in total. The Balaban J connectivity index is 1.59. The van der Waals surface area contributed by atoms with Gasteiger partial charge in [-0.05, 0) is 43.7 Å². The van der Waals surface area contributed by atoms with Gasteiger partial charge in [-0.3, -0.25) is 9.59 Å². The first-order valence-electron chi connectivity index (χ1n) is 8.80. The first-order valence-corrected chi connectivity index (χ1v) is 8.80. The van der Waals surface area contributed by atoms with Crippen molar-refractivity contribution in [2.45, 2.75) is 19.5 Å². The minimum Gasteiger partial charge on any atom is -0.492 e. The fourth-order valence-electron chi connectivity index (χ4n) is 2.86. The van der Waals surface area contributed by atoms with Gasteiger partial charge in [0.1, 0.15) is 5.75 Å². The van der Waals surface area contributed by atoms with Crippen molar-refractivity contribution in [2.75, 3.05) is 17.2 Å². The van der Waals surface area contributed by atoms with E-state index in [2.05, 4.69) is 10.6 Å². The summed E-state index contributed by atoms with van der Waals surface area (Å²) in [7, 11) is 0. The quantitative estimate of drug-likeness (QED) is 0.770. The van der Waals surface area contributed by atoms with Crippen molar-refractivity contribution in [1.82, 2.24) is 0 Å². The van der Waals surface area contributed by atoms with Crippen molar-refractivity contribution in [2.24, 2.45) is 11.8 Å². The van der Waals surface area contributed by atoms with Crippen LogP contribution in [0, 0.1) is 11.8 Å². The van der Waals surface area contributed by atoms with Gasteiger partial charge in [0.2, 0.25) is 11.8 Å². The minimum absolute atomic E-state index is 0.0487. The van der Waals surface area contributed by atoms with Crippen LogP contribution < -0.4 is 15.4 Å². The van der Waals surface area contributed by atoms with E-state index in [9.17, 15) is 22.8 Å². The van der Waals surface area contributed by atoms with Gasteiger partial charge >= 0.3 is 6.18 Å². The Morgan fingerprint density at radius 2 is 1.71 bits per heavy atom. The monoisotopic (exact) mass is 392 g/mol. The van der Waals surface area contributed by atoms with Gasteiger partial charge in [-0.25, -0.2) is 0 Å². The second-order valence-corrected chi connectivity index (χ2v) is 6.43. The SMILES string of the molecule is CCOc1ccccc1NC(=O)C1CC1C(=O)Nc1cccc(C(F)(F)F)c1. The maximum absolute atomic E-state index is 12.8. The molecule has 0 radical (unpaired) electrons. The highest BCUT2D eigenvalue weighted by molar-refractivity contribution is 6.03. The van der Waals surface area contributed by atoms with Gasteiger partial charge in [0.15, 0.2) is 0 Å². The molecule has 8 heteroatoms. The fraction of sp³-hybridized carbons (Fsp3) is 0.300. The third-order valence-electron chi connectivity index (χ3n) is 4.37. The first kappa shape index (κ1) is 19.7. The Hall–Kier alpha value is -3.03. The molecular formula is C20H19F3N2O3. The lowest BCUT2D eigenvalue weighted by molar-refractivity contribution is -0.137. The molecular weight excluding hydrogens is 373 g/mol. The molecule has 2 atom stereocenters. The predicted molar refractivity (Wildman–Crippen MR) is 97.9 cm³/mol. The van der Waals surface area contributed by atoms with Crippen LogP contribution in [0.15, 0.2) is 48.5 Å². The molecule has 1 fully saturated rings. The van der Waals surface area contributed by atoms with Gasteiger partial charge in [-0.2, -0.15) is 13.2 Å². The number of halogens is 3. The molecule has 2 amide bonds. The van der Waals surface area contributed by atoms with Gasteiger partial charge < -0.3 is 15.4 Å². The zero-order valence-electron chi connectivity index (χ0n) is 15.0. The summed E-state index contributed by atoms with van der Waals surface area (Å²) in [5, 5.41) is 5.20. The number of amides is 2. The highest BCUT2D eigenvalue weighted by Crippen LogP contribution is 2.41. The van der Waals surface area contributed by atoms with E-state index in [4.69, 9.17) is 4.74 Å². The van der Waals surface area contributed by atoms with Gasteiger partial charge in [0.05, 0.1) is 29.7 Å². The summed E-state index contributed by atoms with van der Waals surface area (Å²) in [5.41, 5.74) is -0.284. The second kappa shape index (κ2) is 7.92. The Kier molecular flexibility index (Phi) is 5.58. The molecule has 3 rings (SSSR count). The van der Waals surface area contributed by atoms with Gasteiger partial charge in [0.25, 0.3) is 0 Å². The third-order valence-corrected chi connectivity index (χ3v) is 4.37. The van der Waals surface area contributed by atoms with Crippen LogP contribution in [0.25, 0.3) is 0 Å². The van der Waals surface area contributed by atoms with Crippen LogP contribution in [0.4, 0.5) is 24.5 Å². The molecule has 1 aliphatic rings. The number of hydrogen-bond acceptors (Lipinski definition) is 3. The van der Waals surface area contributed by atoms with Gasteiger partial charge in [-0.15, -0.1) is 0 Å². The summed E-state index contributed by atoms with van der Waals surface area (Å²) < 4.78 is 43.7. The maximum atomic E-state index is 12.8. The number of para-hydroxylation sites is 2. The van der Waals surface area contributed by atoms with E-state index in [0.717, 1.165) is 12.1 Å². The Morgan fingerprint density at radius 1 is 1.04 bits per heavy atom. The molecule has 1 aliphatic carbocycles. The third kappa shape index (κ3) is 4.62. The Labute approximate surface area is 159 Å². The van der Waals surface area contributed by atoms with Crippen LogP contribution in [-0.2, 0) is 15.8 Å². The summed E-state index contributed by atoms with van der Waals surface area (Å²) in [6.45, 7) is 2.27. The molecule has 0 aliphatic heterocycles. The van der Waals surface area contributed by atoms with Crippen LogP contribution in [0.3, 0.4) is 0 Å². The van der Waals surface area contributed by atoms with Crippen LogP contribution in [0.1, 0.15) is 18.9 Å². The molecule has 0 spiro atoms. The Morgan fingerprint density at radius 3 is 2.39 bits per heavy atom. The summed E-state index contributed by atoms with van der Waals surface area (Å²) in [5.74, 6) is -1.37. The molecule has 148 valence electrons. The molecule has 2 N–H and O–H groups in total. The normalized spacial score (nSPS) is 18.3. The summed E-state index contributed by atoms with van der Waals surface area (Å²) in [4.78, 5) is 24.7. The summed E-state index contributed by atoms with van der Waals surface area (Å²) in [6.07, 6.45) is -4.15. The number of carbonyl (C=O) groups is 2. The van der Waals surface area contributed by atoms with E-state index in [1.54, 1.807) is 24.3 Å². The van der Waals surface area contributed by atoms with Crippen molar-refractivity contribution in [1.29, 1.82) is 0 Å². The smallest absolute Gasteiger partial charge is 0.416 e. The predicted octanol–water partition coefficient (Wildman–Crippen LogP) is 4.32. The van der Waals surface area contributed by atoms with Crippen LogP contribution in [0.2, 0.25) is 0 Å². The maximum Gasteiger partial charge on any atom is 0.416 e. The molecule has 0 bridgehead atoms. The van der Waals surface area contributed by atoms with Crippen LogP contribution in [0.5, 0.6) is 5.75 Å². The minimum atomic E-state index is -4.49. The largest absolute Gasteiger partial charge is 0.492 e. The van der Waals surface area contributed by atoms with E-state index in [-0.39, 0.29) is 11.6 Å². The number of anilines is 2. The molecule has 0 heterocycles. The number of nitrogens with one attached hydrogen (secondary N) is 2. The van der Waals surface area contributed by atoms with Crippen molar-refractivity contribution in [3.05, 3.63) is 54.1 Å². The zero-order chi connectivity index (χ0) is 20.3. The van der Waals surface area contributed by atoms with E-state index < -0.39 is 29.5 Å². The average molecular weight is 392 g/mol. The molecule has 2 aromatic rings. The summed E-state index contributed by atoms with van der Waals surface area (Å²) >= 11 is 0. The van der Waals surface area contributed by atoms with E-state index in [0.29, 0.717) is 24.5 Å². The van der Waals surface area contributed by atoms with E-state index in [1.807, 2.05) is 6.92 Å². The standard InChI is InChI=1S/C20H19F3N2O3/c1-2-28-17-9-4-3-8-16(17)25-19(27)15-11-14(15)18(26)24-13-7-5-6-12(10-13)20(21,22)23/h3-10,14-15H,2,11H2,1H3,(H,24,26)(H,25,27). The Bertz CT molecular complexity index is 883. The number of alkyl halides is 3. The number of ether oxygens (including phenoxy) is 1. The fourth-order valence-corrected chi connectivity index (χ4v) is 2.86. The van der Waals surface area contributed by atoms with E-state index >= 15 is 0 Å². The molecule has 1 saturated carbocycles. The number of rotatable bonds is 6. The average Bonchev–Trinajstić information content (AvgIpc) is 3.44. The number of benzene rings is 2. The summed E-state index contributed by atoms with van der Waals surface area (Å²) in [6, 6.07) is 11.4. The second-order valence-electron chi connectivity index (χ2n) is 6.43. The van der Waals surface area contributed by atoms with Crippen molar-refractivity contribution >= 4 is 23.2 Å². The highest BCUT2D eigenvalue weighted by Gasteiger charge is 2.48. The first-order chi connectivity index (χ1) is 13.3. The molecule has 2 unspecified atom stereocenters. The molecule has 28 heavy (non-hydrogen) atoms. The molecule has 2 aromatic carbocycles. The molecule has 0 aromatic heterocycles. The van der Waals surface area contributed by atoms with Crippen LogP contribution in [-0.4, -0.2) is 18.4 Å². The zero-order valence-corrected chi connectivity index (χ0v) is 15.0. The topological polar surface area (TPSA) is 67.4 Å². The number of carbonyl (C=O) groups excluding carboxylic acids is 2. The van der Waals surface area contributed by atoms with Crippen molar-refractivity contribution < 1.29 is 27.5 Å². The van der Waals surface area contributed by atoms with E-state index in [1.165, 1.54) is 12.1 Å². The highest BCUT2D eigenvalue weighted by atomic mass is 19.4. The molecule has 0 saturated heterocycles.